The summed E-state index contributed by atoms with van der Waals surface area (Å²) in [5.74, 6) is -1.69. The molecule has 24 heavy (non-hydrogen) atoms. The number of nitrogens with zero attached hydrogens (tertiary/aromatic N) is 2. The third kappa shape index (κ3) is 2.38. The molecular formula is C15H11N3O5S. The van der Waals surface area contributed by atoms with E-state index in [1.54, 1.807) is 13.8 Å². The number of nitro groups is 1. The molecule has 8 nitrogen and oxygen atoms in total. The van der Waals surface area contributed by atoms with Crippen LogP contribution in [0.1, 0.15) is 55.5 Å². The number of pyridine rings is 1. The van der Waals surface area contributed by atoms with Crippen molar-refractivity contribution in [3.8, 4) is 0 Å². The van der Waals surface area contributed by atoms with Crippen LogP contribution in [0.5, 0.6) is 0 Å². The molecule has 0 radical (unpaired) electrons. The quantitative estimate of drug-likeness (QED) is 0.572. The summed E-state index contributed by atoms with van der Waals surface area (Å²) in [6.45, 7) is 3.53. The van der Waals surface area contributed by atoms with E-state index in [-0.39, 0.29) is 38.3 Å². The maximum absolute atomic E-state index is 12.7. The van der Waals surface area contributed by atoms with Gasteiger partial charge in [-0.3, -0.25) is 29.5 Å². The van der Waals surface area contributed by atoms with Gasteiger partial charge in [0.1, 0.15) is 5.69 Å². The smallest absolute Gasteiger partial charge is 0.325 e. The minimum absolute atomic E-state index is 0.0359. The van der Waals surface area contributed by atoms with Crippen LogP contribution in [-0.2, 0) is 0 Å². The van der Waals surface area contributed by atoms with Crippen molar-refractivity contribution in [3.05, 3.63) is 55.7 Å². The summed E-state index contributed by atoms with van der Waals surface area (Å²) in [4.78, 5) is 51.7. The lowest BCUT2D eigenvalue weighted by Gasteiger charge is -2.17. The van der Waals surface area contributed by atoms with Gasteiger partial charge in [0.25, 0.3) is 5.91 Å². The summed E-state index contributed by atoms with van der Waals surface area (Å²) in [5, 5.41) is 13.3. The van der Waals surface area contributed by atoms with Crippen LogP contribution >= 0.6 is 11.3 Å². The molecule has 2 aromatic heterocycles. The number of hydrogen-bond acceptors (Lipinski definition) is 7. The van der Waals surface area contributed by atoms with Crippen LogP contribution < -0.4 is 5.32 Å². The van der Waals surface area contributed by atoms with E-state index in [0.717, 1.165) is 6.07 Å². The van der Waals surface area contributed by atoms with Crippen molar-refractivity contribution >= 4 is 33.8 Å². The Morgan fingerprint density at radius 3 is 2.67 bits per heavy atom. The Bertz CT molecular complexity index is 916. The van der Waals surface area contributed by atoms with Gasteiger partial charge in [-0.1, -0.05) is 11.3 Å². The molecule has 2 aromatic rings. The normalized spacial score (nSPS) is 12.8. The molecule has 1 amide bonds. The highest BCUT2D eigenvalue weighted by molar-refractivity contribution is 7.18. The topological polar surface area (TPSA) is 119 Å². The van der Waals surface area contributed by atoms with Crippen LogP contribution in [0.2, 0.25) is 0 Å². The van der Waals surface area contributed by atoms with Gasteiger partial charge in [0.15, 0.2) is 0 Å². The molecule has 0 spiro atoms. The number of rotatable bonds is 3. The lowest BCUT2D eigenvalue weighted by atomic mass is 9.89. The number of ketones is 2. The monoisotopic (exact) mass is 345 g/mol. The average Bonchev–Trinajstić information content (AvgIpc) is 2.97. The van der Waals surface area contributed by atoms with E-state index in [2.05, 4.69) is 10.3 Å². The van der Waals surface area contributed by atoms with Gasteiger partial charge in [-0.05, 0) is 19.9 Å². The Hall–Kier alpha value is -2.94. The second kappa shape index (κ2) is 5.60. The van der Waals surface area contributed by atoms with Crippen molar-refractivity contribution in [1.29, 1.82) is 0 Å². The molecule has 0 saturated heterocycles. The van der Waals surface area contributed by atoms with Crippen LogP contribution in [-0.4, -0.2) is 33.4 Å². The van der Waals surface area contributed by atoms with E-state index in [4.69, 9.17) is 0 Å². The average molecular weight is 345 g/mol. The van der Waals surface area contributed by atoms with Crippen LogP contribution in [0.3, 0.4) is 0 Å². The zero-order valence-corrected chi connectivity index (χ0v) is 13.5. The van der Waals surface area contributed by atoms with Crippen LogP contribution in [0.4, 0.5) is 5.00 Å². The third-order valence-electron chi connectivity index (χ3n) is 3.41. The molecule has 0 atom stereocenters. The third-order valence-corrected chi connectivity index (χ3v) is 4.49. The lowest BCUT2D eigenvalue weighted by molar-refractivity contribution is -0.380. The first-order valence-corrected chi connectivity index (χ1v) is 7.80. The zero-order chi connectivity index (χ0) is 17.6. The van der Waals surface area contributed by atoms with Gasteiger partial charge in [0.05, 0.1) is 26.5 Å². The molecule has 3 rings (SSSR count). The van der Waals surface area contributed by atoms with Crippen LogP contribution in [0.25, 0.3) is 0 Å². The Kier molecular flexibility index (Phi) is 3.72. The van der Waals surface area contributed by atoms with Crippen molar-refractivity contribution in [1.82, 2.24) is 10.3 Å². The molecule has 0 unspecified atom stereocenters. The van der Waals surface area contributed by atoms with E-state index >= 15 is 0 Å². The fraction of sp³-hybridized carbons (Fsp3) is 0.200. The van der Waals surface area contributed by atoms with E-state index < -0.39 is 22.4 Å². The van der Waals surface area contributed by atoms with Crippen molar-refractivity contribution in [2.45, 2.75) is 19.9 Å². The Morgan fingerprint density at radius 1 is 1.33 bits per heavy atom. The predicted molar refractivity (Wildman–Crippen MR) is 84.7 cm³/mol. The number of carbonyl (C=O) groups is 3. The second-order valence-electron chi connectivity index (χ2n) is 5.45. The lowest BCUT2D eigenvalue weighted by Crippen LogP contribution is -2.33. The maximum atomic E-state index is 12.7. The van der Waals surface area contributed by atoms with Crippen molar-refractivity contribution in [3.63, 3.8) is 0 Å². The minimum atomic E-state index is -0.659. The summed E-state index contributed by atoms with van der Waals surface area (Å²) in [7, 11) is 0. The Labute approximate surface area is 139 Å². The zero-order valence-electron chi connectivity index (χ0n) is 12.7. The number of nitrogens with one attached hydrogen (secondary N) is 1. The largest absolute Gasteiger partial charge is 0.350 e. The van der Waals surface area contributed by atoms with Gasteiger partial charge >= 0.3 is 5.00 Å². The molecule has 0 aliphatic heterocycles. The summed E-state index contributed by atoms with van der Waals surface area (Å²) in [5.41, 5.74) is -0.270. The SMILES string of the molecule is CC(C)NC(=O)c1ccnc2c1C(=O)c1sc([N+](=O)[O-])cc1C2=O. The van der Waals surface area contributed by atoms with Gasteiger partial charge < -0.3 is 5.32 Å². The van der Waals surface area contributed by atoms with Crippen LogP contribution in [0.15, 0.2) is 18.3 Å². The molecule has 1 aliphatic carbocycles. The maximum Gasteiger partial charge on any atom is 0.325 e. The highest BCUT2D eigenvalue weighted by Crippen LogP contribution is 2.37. The fourth-order valence-electron chi connectivity index (χ4n) is 2.44. The van der Waals surface area contributed by atoms with Gasteiger partial charge in [-0.15, -0.1) is 0 Å². The van der Waals surface area contributed by atoms with E-state index in [1.165, 1.54) is 12.3 Å². The Morgan fingerprint density at radius 2 is 2.04 bits per heavy atom. The first-order chi connectivity index (χ1) is 11.3. The van der Waals surface area contributed by atoms with Crippen molar-refractivity contribution in [2.75, 3.05) is 0 Å². The van der Waals surface area contributed by atoms with Gasteiger partial charge in [-0.25, -0.2) is 0 Å². The standard InChI is InChI=1S/C15H11N3O5S/c1-6(2)17-15(21)7-3-4-16-11-10(7)13(20)14-8(12(11)19)5-9(24-14)18(22)23/h3-6H,1-2H3,(H,17,21). The summed E-state index contributed by atoms with van der Waals surface area (Å²) >= 11 is 0.624. The number of amides is 1. The van der Waals surface area contributed by atoms with E-state index in [1.807, 2.05) is 0 Å². The summed E-state index contributed by atoms with van der Waals surface area (Å²) in [6, 6.07) is 2.27. The summed E-state index contributed by atoms with van der Waals surface area (Å²) < 4.78 is 0. The Balaban J connectivity index is 2.18. The first-order valence-electron chi connectivity index (χ1n) is 6.98. The summed E-state index contributed by atoms with van der Waals surface area (Å²) in [6.07, 6.45) is 1.27. The molecule has 122 valence electrons. The van der Waals surface area contributed by atoms with Crippen molar-refractivity contribution < 1.29 is 19.3 Å². The minimum Gasteiger partial charge on any atom is -0.350 e. The van der Waals surface area contributed by atoms with Crippen LogP contribution in [0, 0.1) is 10.1 Å². The molecular weight excluding hydrogens is 334 g/mol. The molecule has 1 N–H and O–H groups in total. The number of aromatic nitrogens is 1. The molecule has 0 aromatic carbocycles. The fourth-order valence-corrected chi connectivity index (χ4v) is 3.36. The molecule has 9 heteroatoms. The predicted octanol–water partition coefficient (Wildman–Crippen LogP) is 1.96. The molecule has 2 heterocycles. The van der Waals surface area contributed by atoms with Crippen molar-refractivity contribution in [2.24, 2.45) is 0 Å². The molecule has 0 fully saturated rings. The molecule has 0 saturated carbocycles. The molecule has 1 aliphatic rings. The van der Waals surface area contributed by atoms with Gasteiger partial charge in [0.2, 0.25) is 11.6 Å². The number of fused-ring (bicyclic) bond motifs is 2. The second-order valence-corrected chi connectivity index (χ2v) is 6.48. The first kappa shape index (κ1) is 15.9. The van der Waals surface area contributed by atoms with Gasteiger partial charge in [0, 0.05) is 18.3 Å². The highest BCUT2D eigenvalue weighted by atomic mass is 32.1. The highest BCUT2D eigenvalue weighted by Gasteiger charge is 2.38. The molecule has 0 bridgehead atoms. The number of hydrogen-bond donors (Lipinski definition) is 1. The van der Waals surface area contributed by atoms with Gasteiger partial charge in [-0.2, -0.15) is 0 Å². The number of thiophene rings is 1. The van der Waals surface area contributed by atoms with E-state index in [0.29, 0.717) is 11.3 Å². The number of carbonyl (C=O) groups excluding carboxylic acids is 3. The van der Waals surface area contributed by atoms with E-state index in [9.17, 15) is 24.5 Å².